The van der Waals surface area contributed by atoms with E-state index in [2.05, 4.69) is 15.9 Å². The highest BCUT2D eigenvalue weighted by Crippen LogP contribution is 2.25. The number of alkyl halides is 1. The first-order valence-electron chi connectivity index (χ1n) is 3.52. The molecule has 1 aromatic carbocycles. The average molecular weight is 231 g/mol. The zero-order chi connectivity index (χ0) is 9.14. The summed E-state index contributed by atoms with van der Waals surface area (Å²) >= 11 is 3.11. The van der Waals surface area contributed by atoms with Gasteiger partial charge in [-0.3, -0.25) is 4.79 Å². The van der Waals surface area contributed by atoms with Gasteiger partial charge < -0.3 is 0 Å². The summed E-state index contributed by atoms with van der Waals surface area (Å²) in [5, 5.41) is 0. The third-order valence-corrected chi connectivity index (χ3v) is 2.67. The van der Waals surface area contributed by atoms with Gasteiger partial charge >= 0.3 is 0 Å². The number of rotatable bonds is 2. The van der Waals surface area contributed by atoms with Gasteiger partial charge in [-0.2, -0.15) is 0 Å². The van der Waals surface area contributed by atoms with Crippen LogP contribution in [0, 0.1) is 5.82 Å². The Hall–Kier alpha value is -0.700. The smallest absolute Gasteiger partial charge is 0.147 e. The molecule has 0 aliphatic rings. The summed E-state index contributed by atoms with van der Waals surface area (Å²) in [5.74, 6) is -0.449. The van der Waals surface area contributed by atoms with E-state index in [1.165, 1.54) is 13.0 Å². The van der Waals surface area contributed by atoms with Crippen LogP contribution in [0.3, 0.4) is 0 Å². The highest BCUT2D eigenvalue weighted by Gasteiger charge is 2.15. The number of ketones is 1. The highest BCUT2D eigenvalue weighted by atomic mass is 79.9. The molecule has 3 heteroatoms. The zero-order valence-electron chi connectivity index (χ0n) is 6.55. The lowest BCUT2D eigenvalue weighted by Crippen LogP contribution is -2.02. The number of halogens is 2. The average Bonchev–Trinajstić information content (AvgIpc) is 2.04. The van der Waals surface area contributed by atoms with Crippen LogP contribution in [0.5, 0.6) is 0 Å². The van der Waals surface area contributed by atoms with E-state index in [-0.39, 0.29) is 11.6 Å². The van der Waals surface area contributed by atoms with Crippen LogP contribution in [0.4, 0.5) is 4.39 Å². The van der Waals surface area contributed by atoms with Crippen LogP contribution in [0.25, 0.3) is 0 Å². The molecule has 0 aliphatic heterocycles. The Morgan fingerprint density at radius 2 is 2.08 bits per heavy atom. The molecule has 0 radical (unpaired) electrons. The fourth-order valence-corrected chi connectivity index (χ4v) is 1.27. The zero-order valence-corrected chi connectivity index (χ0v) is 8.14. The fraction of sp³-hybridized carbons (Fsp3) is 0.222. The molecule has 0 saturated carbocycles. The van der Waals surface area contributed by atoms with E-state index in [1.807, 2.05) is 0 Å². The van der Waals surface area contributed by atoms with Crippen molar-refractivity contribution in [3.63, 3.8) is 0 Å². The largest absolute Gasteiger partial charge is 0.298 e. The first-order chi connectivity index (χ1) is 5.63. The van der Waals surface area contributed by atoms with Crippen LogP contribution < -0.4 is 0 Å². The van der Waals surface area contributed by atoms with Crippen molar-refractivity contribution in [2.45, 2.75) is 11.8 Å². The molecule has 1 unspecified atom stereocenters. The maximum atomic E-state index is 13.0. The maximum absolute atomic E-state index is 13.0. The first kappa shape index (κ1) is 9.39. The third kappa shape index (κ3) is 1.91. The molecular weight excluding hydrogens is 223 g/mol. The molecule has 0 N–H and O–H groups in total. The Kier molecular flexibility index (Phi) is 2.98. The van der Waals surface area contributed by atoms with Gasteiger partial charge in [-0.05, 0) is 13.0 Å². The van der Waals surface area contributed by atoms with Gasteiger partial charge in [0.1, 0.15) is 16.4 Å². The third-order valence-electron chi connectivity index (χ3n) is 1.54. The second kappa shape index (κ2) is 3.81. The summed E-state index contributed by atoms with van der Waals surface area (Å²) in [5.41, 5.74) is 0.394. The lowest BCUT2D eigenvalue weighted by atomic mass is 10.1. The Labute approximate surface area is 78.7 Å². The minimum atomic E-state index is -0.529. The van der Waals surface area contributed by atoms with Crippen molar-refractivity contribution in [2.24, 2.45) is 0 Å². The van der Waals surface area contributed by atoms with Gasteiger partial charge in [0.05, 0.1) is 0 Å². The Balaban J connectivity index is 3.02. The Morgan fingerprint density at radius 3 is 2.58 bits per heavy atom. The van der Waals surface area contributed by atoms with Crippen molar-refractivity contribution in [2.75, 3.05) is 0 Å². The number of hydrogen-bond donors (Lipinski definition) is 0. The molecule has 0 heterocycles. The van der Waals surface area contributed by atoms with E-state index in [0.29, 0.717) is 5.56 Å². The van der Waals surface area contributed by atoms with Gasteiger partial charge in [0.2, 0.25) is 0 Å². The number of carbonyl (C=O) groups is 1. The summed E-state index contributed by atoms with van der Waals surface area (Å²) in [6.45, 7) is 1.42. The van der Waals surface area contributed by atoms with E-state index in [4.69, 9.17) is 0 Å². The first-order valence-corrected chi connectivity index (χ1v) is 4.43. The van der Waals surface area contributed by atoms with Crippen molar-refractivity contribution >= 4 is 21.7 Å². The Bertz CT molecular complexity index is 298. The number of carbonyl (C=O) groups excluding carboxylic acids is 1. The topological polar surface area (TPSA) is 17.1 Å². The van der Waals surface area contributed by atoms with Crippen LogP contribution in [-0.2, 0) is 4.79 Å². The minimum Gasteiger partial charge on any atom is -0.298 e. The standard InChI is InChI=1S/C9H8BrFO/c1-6(12)9(10)7-4-2-3-5-8(7)11/h2-5,9H,1H3. The predicted molar refractivity (Wildman–Crippen MR) is 48.7 cm³/mol. The molecule has 1 nitrogen and oxygen atoms in total. The lowest BCUT2D eigenvalue weighted by molar-refractivity contribution is -0.116. The molecule has 1 aromatic rings. The van der Waals surface area contributed by atoms with Crippen molar-refractivity contribution < 1.29 is 9.18 Å². The summed E-state index contributed by atoms with van der Waals surface area (Å²) in [4.78, 5) is 10.4. The normalized spacial score (nSPS) is 12.6. The van der Waals surface area contributed by atoms with Gasteiger partial charge in [0.25, 0.3) is 0 Å². The van der Waals surface area contributed by atoms with E-state index in [9.17, 15) is 9.18 Å². The van der Waals surface area contributed by atoms with Gasteiger partial charge in [0, 0.05) is 5.56 Å². The van der Waals surface area contributed by atoms with Gasteiger partial charge in [0.15, 0.2) is 0 Å². The fourth-order valence-electron chi connectivity index (χ4n) is 0.900. The van der Waals surface area contributed by atoms with Crippen molar-refractivity contribution in [1.29, 1.82) is 0 Å². The van der Waals surface area contributed by atoms with Crippen molar-refractivity contribution in [3.8, 4) is 0 Å². The van der Waals surface area contributed by atoms with E-state index in [1.54, 1.807) is 18.2 Å². The molecule has 0 aromatic heterocycles. The lowest BCUT2D eigenvalue weighted by Gasteiger charge is -2.06. The monoisotopic (exact) mass is 230 g/mol. The van der Waals surface area contributed by atoms with Gasteiger partial charge in [-0.1, -0.05) is 34.1 Å². The van der Waals surface area contributed by atoms with E-state index >= 15 is 0 Å². The van der Waals surface area contributed by atoms with Crippen LogP contribution in [0.15, 0.2) is 24.3 Å². The highest BCUT2D eigenvalue weighted by molar-refractivity contribution is 9.09. The molecule has 0 saturated heterocycles. The molecule has 0 bridgehead atoms. The Morgan fingerprint density at radius 1 is 1.50 bits per heavy atom. The summed E-state index contributed by atoms with van der Waals surface area (Å²) in [6, 6.07) is 6.23. The molecule has 12 heavy (non-hydrogen) atoms. The summed E-state index contributed by atoms with van der Waals surface area (Å²) in [6.07, 6.45) is 0. The predicted octanol–water partition coefficient (Wildman–Crippen LogP) is 2.85. The van der Waals surface area contributed by atoms with Gasteiger partial charge in [-0.15, -0.1) is 0 Å². The van der Waals surface area contributed by atoms with Crippen LogP contribution in [0.2, 0.25) is 0 Å². The summed E-state index contributed by atoms with van der Waals surface area (Å²) < 4.78 is 13.0. The molecule has 0 aliphatic carbocycles. The molecular formula is C9H8BrFO. The minimum absolute atomic E-state index is 0.0971. The number of hydrogen-bond acceptors (Lipinski definition) is 1. The van der Waals surface area contributed by atoms with Crippen LogP contribution >= 0.6 is 15.9 Å². The SMILES string of the molecule is CC(=O)C(Br)c1ccccc1F. The second-order valence-electron chi connectivity index (χ2n) is 2.49. The molecule has 1 rings (SSSR count). The number of Topliss-reactive ketones (excluding diaryl/α,β-unsaturated/α-hetero) is 1. The molecule has 1 atom stereocenters. The van der Waals surface area contributed by atoms with Crippen LogP contribution in [0.1, 0.15) is 17.3 Å². The molecule has 0 spiro atoms. The van der Waals surface area contributed by atoms with Crippen molar-refractivity contribution in [3.05, 3.63) is 35.6 Å². The van der Waals surface area contributed by atoms with Gasteiger partial charge in [-0.25, -0.2) is 4.39 Å². The van der Waals surface area contributed by atoms with E-state index < -0.39 is 4.83 Å². The molecule has 0 amide bonds. The van der Waals surface area contributed by atoms with Crippen molar-refractivity contribution in [1.82, 2.24) is 0 Å². The number of benzene rings is 1. The van der Waals surface area contributed by atoms with E-state index in [0.717, 1.165) is 0 Å². The second-order valence-corrected chi connectivity index (χ2v) is 3.41. The summed E-state index contributed by atoms with van der Waals surface area (Å²) in [7, 11) is 0. The quantitative estimate of drug-likeness (QED) is 0.715. The maximum Gasteiger partial charge on any atom is 0.147 e. The molecule has 64 valence electrons. The van der Waals surface area contributed by atoms with Crippen LogP contribution in [-0.4, -0.2) is 5.78 Å². The molecule has 0 fully saturated rings.